The highest BCUT2D eigenvalue weighted by molar-refractivity contribution is 7.87. The van der Waals surface area contributed by atoms with Crippen molar-refractivity contribution in [3.8, 4) is 11.5 Å². The maximum Gasteiger partial charge on any atom is 0.279 e. The first-order valence-corrected chi connectivity index (χ1v) is 22.6. The molecule has 6 rings (SSSR count). The number of para-hydroxylation sites is 2. The molecule has 16 heteroatoms. The van der Waals surface area contributed by atoms with E-state index in [1.54, 1.807) is 43.3 Å². The van der Waals surface area contributed by atoms with Gasteiger partial charge in [-0.2, -0.15) is 25.4 Å². The molecular weight excluding hydrogens is 793 g/mol. The monoisotopic (exact) mass is 848 g/mol. The van der Waals surface area contributed by atoms with Gasteiger partial charge in [-0.1, -0.05) is 91.9 Å². The summed E-state index contributed by atoms with van der Waals surface area (Å²) in [5, 5.41) is 6.11. The van der Waals surface area contributed by atoms with Gasteiger partial charge in [-0.15, -0.1) is 0 Å². The van der Waals surface area contributed by atoms with Crippen molar-refractivity contribution in [3.05, 3.63) is 131 Å². The molecule has 0 saturated carbocycles. The Morgan fingerprint density at radius 2 is 0.932 bits per heavy atom. The molecule has 4 N–H and O–H groups in total. The molecule has 4 aromatic rings. The number of methoxy groups -OCH3 is 2. The Morgan fingerprint density at radius 3 is 1.29 bits per heavy atom. The zero-order chi connectivity index (χ0) is 42.5. The van der Waals surface area contributed by atoms with Crippen LogP contribution in [0, 0.1) is 0 Å². The second kappa shape index (κ2) is 20.4. The minimum atomic E-state index is -3.47. The molecule has 0 unspecified atom stereocenters. The number of nitrogens with one attached hydrogen (secondary N) is 4. The molecule has 0 bridgehead atoms. The third-order valence-corrected chi connectivity index (χ3v) is 14.5. The molecule has 2 aliphatic rings. The fraction of sp³-hybridized carbons (Fsp3) is 0.395. The van der Waals surface area contributed by atoms with Gasteiger partial charge in [0.25, 0.3) is 32.2 Å². The lowest BCUT2D eigenvalue weighted by molar-refractivity contribution is 0.0922. The van der Waals surface area contributed by atoms with Crippen molar-refractivity contribution < 1.29 is 35.9 Å². The number of piperidine rings is 2. The van der Waals surface area contributed by atoms with E-state index in [2.05, 4.69) is 20.1 Å². The number of amides is 2. The Bertz CT molecular complexity index is 2210. The molecule has 14 nitrogen and oxygen atoms in total. The van der Waals surface area contributed by atoms with Gasteiger partial charge in [-0.25, -0.2) is 9.44 Å². The van der Waals surface area contributed by atoms with Gasteiger partial charge in [0.2, 0.25) is 0 Å². The predicted molar refractivity (Wildman–Crippen MR) is 229 cm³/mol. The molecule has 2 heterocycles. The van der Waals surface area contributed by atoms with Crippen molar-refractivity contribution in [2.45, 2.75) is 43.4 Å². The number of nitrogens with zero attached hydrogens (tertiary/aromatic N) is 2. The molecule has 0 radical (unpaired) electrons. The van der Waals surface area contributed by atoms with E-state index in [0.717, 1.165) is 11.1 Å². The summed E-state index contributed by atoms with van der Waals surface area (Å²) in [6.07, 6.45) is 2.47. The van der Waals surface area contributed by atoms with Crippen LogP contribution in [0.4, 0.5) is 0 Å². The summed E-state index contributed by atoms with van der Waals surface area (Å²) in [5.41, 5.74) is 2.49. The van der Waals surface area contributed by atoms with Crippen LogP contribution in [0.25, 0.3) is 0 Å². The molecule has 2 fully saturated rings. The smallest absolute Gasteiger partial charge is 0.279 e. The largest absolute Gasteiger partial charge is 0.496 e. The summed E-state index contributed by atoms with van der Waals surface area (Å²) in [4.78, 5) is 25.6. The number of hydrogen-bond donors (Lipinski definition) is 4. The maximum atomic E-state index is 12.8. The van der Waals surface area contributed by atoms with Crippen LogP contribution in [0.2, 0.25) is 0 Å². The topological polar surface area (TPSA) is 175 Å². The molecule has 0 aliphatic carbocycles. The van der Waals surface area contributed by atoms with Gasteiger partial charge in [-0.05, 0) is 61.1 Å². The van der Waals surface area contributed by atoms with Crippen LogP contribution < -0.4 is 29.6 Å². The van der Waals surface area contributed by atoms with E-state index in [1.807, 2.05) is 72.8 Å². The summed E-state index contributed by atoms with van der Waals surface area (Å²) in [6, 6.07) is 34.2. The third-order valence-electron chi connectivity index (χ3n) is 11.3. The molecule has 2 aliphatic heterocycles. The van der Waals surface area contributed by atoms with Crippen molar-refractivity contribution >= 4 is 32.2 Å². The molecule has 0 atom stereocenters. The Labute approximate surface area is 349 Å². The van der Waals surface area contributed by atoms with E-state index in [4.69, 9.17) is 9.47 Å². The summed E-state index contributed by atoms with van der Waals surface area (Å²) < 4.78 is 67.5. The van der Waals surface area contributed by atoms with E-state index in [-0.39, 0.29) is 22.6 Å². The van der Waals surface area contributed by atoms with Gasteiger partial charge in [0.05, 0.1) is 25.3 Å². The zero-order valence-electron chi connectivity index (χ0n) is 34.1. The van der Waals surface area contributed by atoms with Crippen molar-refractivity contribution in [1.82, 2.24) is 28.7 Å². The van der Waals surface area contributed by atoms with Gasteiger partial charge >= 0.3 is 0 Å². The van der Waals surface area contributed by atoms with Crippen molar-refractivity contribution in [2.24, 2.45) is 0 Å². The van der Waals surface area contributed by atoms with Crippen molar-refractivity contribution in [2.75, 3.05) is 67.1 Å². The predicted octanol–water partition coefficient (Wildman–Crippen LogP) is 4.24. The van der Waals surface area contributed by atoms with E-state index < -0.39 is 20.4 Å². The minimum Gasteiger partial charge on any atom is -0.496 e. The molecule has 4 aromatic carbocycles. The average molecular weight is 849 g/mol. The second-order valence-corrected chi connectivity index (χ2v) is 18.2. The lowest BCUT2D eigenvalue weighted by Gasteiger charge is -2.41. The number of ether oxygens (including phenoxy) is 2. The summed E-state index contributed by atoms with van der Waals surface area (Å²) in [6.45, 7) is 4.54. The fourth-order valence-electron chi connectivity index (χ4n) is 7.78. The summed E-state index contributed by atoms with van der Waals surface area (Å²) >= 11 is 0. The van der Waals surface area contributed by atoms with Gasteiger partial charge in [0.1, 0.15) is 11.5 Å². The molecule has 0 aromatic heterocycles. The normalized spacial score (nSPS) is 16.8. The Kier molecular flexibility index (Phi) is 15.7. The number of benzene rings is 4. The second-order valence-electron chi connectivity index (χ2n) is 14.6. The first-order chi connectivity index (χ1) is 28.3. The fourth-order valence-corrected chi connectivity index (χ4v) is 9.92. The van der Waals surface area contributed by atoms with E-state index in [0.29, 0.717) is 94.1 Å². The number of carbonyl (C=O) groups excluding carboxylic acids is 2. The number of carbonyl (C=O) groups is 2. The first kappa shape index (κ1) is 45.2. The van der Waals surface area contributed by atoms with Crippen molar-refractivity contribution in [1.29, 1.82) is 0 Å². The molecule has 2 saturated heterocycles. The molecular formula is C43H56N6O8S2. The molecule has 2 amide bonds. The van der Waals surface area contributed by atoms with Crippen LogP contribution in [0.15, 0.2) is 109 Å². The maximum absolute atomic E-state index is 12.8. The van der Waals surface area contributed by atoms with Crippen LogP contribution >= 0.6 is 0 Å². The van der Waals surface area contributed by atoms with E-state index in [9.17, 15) is 26.4 Å². The number of hydrogen-bond acceptors (Lipinski definition) is 8. The molecule has 318 valence electrons. The van der Waals surface area contributed by atoms with E-state index >= 15 is 0 Å². The Balaban J connectivity index is 0.000000224. The quantitative estimate of drug-likeness (QED) is 0.138. The highest BCUT2D eigenvalue weighted by Gasteiger charge is 2.41. The van der Waals surface area contributed by atoms with E-state index in [1.165, 1.54) is 29.9 Å². The zero-order valence-corrected chi connectivity index (χ0v) is 35.8. The molecule has 59 heavy (non-hydrogen) atoms. The number of rotatable bonds is 15. The third kappa shape index (κ3) is 11.1. The summed E-state index contributed by atoms with van der Waals surface area (Å²) in [7, 11) is -2.43. The van der Waals surface area contributed by atoms with Gasteiger partial charge in [0.15, 0.2) is 0 Å². The Morgan fingerprint density at radius 1 is 0.576 bits per heavy atom. The first-order valence-electron chi connectivity index (χ1n) is 19.7. The minimum absolute atomic E-state index is 0.203. The van der Waals surface area contributed by atoms with Gasteiger partial charge < -0.3 is 20.1 Å². The van der Waals surface area contributed by atoms with Crippen LogP contribution in [0.5, 0.6) is 11.5 Å². The lowest BCUT2D eigenvalue weighted by atomic mass is 9.73. The lowest BCUT2D eigenvalue weighted by Crippen LogP contribution is -2.52. The van der Waals surface area contributed by atoms with Crippen LogP contribution in [-0.2, 0) is 31.2 Å². The van der Waals surface area contributed by atoms with Crippen LogP contribution in [0.1, 0.15) is 64.4 Å². The van der Waals surface area contributed by atoms with Gasteiger partial charge in [0, 0.05) is 63.7 Å². The van der Waals surface area contributed by atoms with Crippen molar-refractivity contribution in [3.63, 3.8) is 0 Å². The highest BCUT2D eigenvalue weighted by atomic mass is 32.2. The average Bonchev–Trinajstić information content (AvgIpc) is 3.28. The highest BCUT2D eigenvalue weighted by Crippen LogP contribution is 2.37. The van der Waals surface area contributed by atoms with Crippen LogP contribution in [-0.4, -0.2) is 104 Å². The molecule has 0 spiro atoms. The summed E-state index contributed by atoms with van der Waals surface area (Å²) in [5.74, 6) is 0.637. The standard InChI is InChI=1S/C22H29N3O4S.C21H27N3O4S/c1-3-24-30(27,28)25-15-13-22(14-16-25,18-9-5-4-6-10-18)17-23-21(26)19-11-7-8-12-20(19)29-2;1-22-29(26,27)24-14-12-21(13-15-24,17-8-4-3-5-9-17)16-23-20(25)18-10-6-7-11-19(18)28-2/h4-12,24H,3,13-17H2,1-2H3,(H,23,26);3-11,22H,12-16H2,1-2H3,(H,23,25). The van der Waals surface area contributed by atoms with Gasteiger partial charge in [-0.3, -0.25) is 9.59 Å². The SMILES string of the molecule is CCNS(=O)(=O)N1CCC(CNC(=O)c2ccccc2OC)(c2ccccc2)CC1.CNS(=O)(=O)N1CCC(CNC(=O)c2ccccc2OC)(c2ccccc2)CC1. The van der Waals surface area contributed by atoms with Crippen LogP contribution in [0.3, 0.4) is 0 Å². The Hall–Kier alpha value is -4.84.